The van der Waals surface area contributed by atoms with Gasteiger partial charge in [-0.3, -0.25) is 4.90 Å². The van der Waals surface area contributed by atoms with Gasteiger partial charge in [0.05, 0.1) is 5.69 Å². The lowest BCUT2D eigenvalue weighted by Crippen LogP contribution is -2.21. The van der Waals surface area contributed by atoms with Crippen LogP contribution in [0.4, 0.5) is 0 Å². The minimum Gasteiger partial charge on any atom is -0.293 e. The third-order valence-electron chi connectivity index (χ3n) is 3.23. The first-order chi connectivity index (χ1) is 9.74. The molecule has 2 aromatic rings. The van der Waals surface area contributed by atoms with Gasteiger partial charge in [-0.2, -0.15) is 0 Å². The van der Waals surface area contributed by atoms with E-state index in [1.54, 1.807) is 0 Å². The smallest absolute Gasteiger partial charge is 0.153 e. The normalized spacial score (nSPS) is 13.8. The second kappa shape index (κ2) is 6.56. The zero-order valence-electron chi connectivity index (χ0n) is 12.7. The van der Waals surface area contributed by atoms with Crippen LogP contribution >= 0.6 is 22.7 Å². The number of aryl methyl sites for hydroxylation is 1. The largest absolute Gasteiger partial charge is 0.293 e. The lowest BCUT2D eigenvalue weighted by molar-refractivity contribution is 0.254. The molecule has 0 radical (unpaired) electrons. The van der Waals surface area contributed by atoms with Crippen molar-refractivity contribution in [2.24, 2.45) is 0 Å². The van der Waals surface area contributed by atoms with Crippen LogP contribution in [0.2, 0.25) is 0 Å². The number of sulfone groups is 1. The molecule has 1 atom stereocenters. The minimum absolute atomic E-state index is 0.0288. The summed E-state index contributed by atoms with van der Waals surface area (Å²) in [5, 5.41) is 2.61. The van der Waals surface area contributed by atoms with Gasteiger partial charge in [-0.05, 0) is 33.0 Å². The Labute approximate surface area is 134 Å². The van der Waals surface area contributed by atoms with Crippen molar-refractivity contribution in [3.8, 4) is 0 Å². The molecule has 0 aliphatic rings. The summed E-state index contributed by atoms with van der Waals surface area (Å²) in [7, 11) is -0.948. The molecule has 7 heteroatoms. The van der Waals surface area contributed by atoms with E-state index in [0.29, 0.717) is 11.0 Å². The average Bonchev–Trinajstić information content (AvgIpc) is 2.95. The van der Waals surface area contributed by atoms with Gasteiger partial charge >= 0.3 is 0 Å². The predicted molar refractivity (Wildman–Crippen MR) is 89.6 cm³/mol. The molecule has 0 aromatic carbocycles. The van der Waals surface area contributed by atoms with Gasteiger partial charge in [-0.15, -0.1) is 22.7 Å². The van der Waals surface area contributed by atoms with E-state index < -0.39 is 9.84 Å². The number of aromatic nitrogens is 1. The van der Waals surface area contributed by atoms with E-state index in [0.717, 1.165) is 12.2 Å². The van der Waals surface area contributed by atoms with Gasteiger partial charge in [0.15, 0.2) is 9.84 Å². The lowest BCUT2D eigenvalue weighted by atomic mass is 10.2. The fraction of sp³-hybridized carbons (Fsp3) is 0.500. The molecule has 0 saturated heterocycles. The highest BCUT2D eigenvalue weighted by atomic mass is 32.2. The van der Waals surface area contributed by atoms with Crippen LogP contribution < -0.4 is 0 Å². The predicted octanol–water partition coefficient (Wildman–Crippen LogP) is 3.25. The molecule has 21 heavy (non-hydrogen) atoms. The highest BCUT2D eigenvalue weighted by Gasteiger charge is 2.16. The highest BCUT2D eigenvalue weighted by molar-refractivity contribution is 7.90. The molecule has 0 N–H and O–H groups in total. The first-order valence-corrected chi connectivity index (χ1v) is 10.4. The molecule has 0 aliphatic heterocycles. The molecule has 0 fully saturated rings. The van der Waals surface area contributed by atoms with Gasteiger partial charge in [-0.25, -0.2) is 13.4 Å². The van der Waals surface area contributed by atoms with Crippen molar-refractivity contribution in [1.82, 2.24) is 9.88 Å². The van der Waals surface area contributed by atoms with Gasteiger partial charge in [0.2, 0.25) is 0 Å². The Balaban J connectivity index is 2.01. The van der Waals surface area contributed by atoms with Gasteiger partial charge in [-0.1, -0.05) is 0 Å². The summed E-state index contributed by atoms with van der Waals surface area (Å²) >= 11 is 3.22. The molecular weight excluding hydrogens is 324 g/mol. The number of thiophene rings is 1. The molecule has 0 spiro atoms. The molecule has 2 heterocycles. The van der Waals surface area contributed by atoms with Crippen LogP contribution in [-0.2, 0) is 22.1 Å². The Bertz CT molecular complexity index is 703. The van der Waals surface area contributed by atoms with Crippen LogP contribution in [0, 0.1) is 6.92 Å². The minimum atomic E-state index is -3.01. The summed E-state index contributed by atoms with van der Waals surface area (Å²) in [5.74, 6) is 0.0288. The van der Waals surface area contributed by atoms with E-state index in [9.17, 15) is 8.42 Å². The molecule has 0 bridgehead atoms. The summed E-state index contributed by atoms with van der Waals surface area (Å²) in [6, 6.07) is 4.62. The maximum Gasteiger partial charge on any atom is 0.153 e. The van der Waals surface area contributed by atoms with Crippen molar-refractivity contribution in [2.75, 3.05) is 13.3 Å². The Morgan fingerprint density at radius 2 is 2.10 bits per heavy atom. The molecule has 0 aliphatic carbocycles. The van der Waals surface area contributed by atoms with Crippen molar-refractivity contribution in [2.45, 2.75) is 32.2 Å². The SMILES string of the molecule is Cc1ccc([C@H](C)N(C)Cc2csc(CS(C)(=O)=O)n2)s1. The highest BCUT2D eigenvalue weighted by Crippen LogP contribution is 2.27. The fourth-order valence-electron chi connectivity index (χ4n) is 2.00. The molecule has 0 amide bonds. The first-order valence-electron chi connectivity index (χ1n) is 6.62. The van der Waals surface area contributed by atoms with E-state index in [2.05, 4.69) is 42.9 Å². The van der Waals surface area contributed by atoms with Crippen molar-refractivity contribution < 1.29 is 8.42 Å². The topological polar surface area (TPSA) is 50.3 Å². The quantitative estimate of drug-likeness (QED) is 0.807. The number of hydrogen-bond donors (Lipinski definition) is 0. The maximum atomic E-state index is 11.3. The van der Waals surface area contributed by atoms with Crippen LogP contribution in [-0.4, -0.2) is 31.6 Å². The molecule has 2 rings (SSSR count). The molecule has 116 valence electrons. The average molecular weight is 345 g/mol. The van der Waals surface area contributed by atoms with Gasteiger partial charge in [0.1, 0.15) is 10.8 Å². The third kappa shape index (κ3) is 4.88. The van der Waals surface area contributed by atoms with Crippen molar-refractivity contribution in [3.05, 3.63) is 38.0 Å². The monoisotopic (exact) mass is 344 g/mol. The Hall–Kier alpha value is -0.760. The van der Waals surface area contributed by atoms with E-state index in [4.69, 9.17) is 0 Å². The number of rotatable bonds is 6. The second-order valence-corrected chi connectivity index (χ2v) is 9.74. The van der Waals surface area contributed by atoms with Crippen LogP contribution in [0.3, 0.4) is 0 Å². The van der Waals surface area contributed by atoms with Gasteiger partial charge in [0, 0.05) is 34.0 Å². The van der Waals surface area contributed by atoms with E-state index in [1.807, 2.05) is 16.7 Å². The lowest BCUT2D eigenvalue weighted by Gasteiger charge is -2.22. The standard InChI is InChI=1S/C14H20N2O2S3/c1-10-5-6-13(20-10)11(2)16(3)7-12-8-19-14(15-12)9-21(4,17)18/h5-6,8,11H,7,9H2,1-4H3/t11-/m0/s1. The van der Waals surface area contributed by atoms with Crippen molar-refractivity contribution in [1.29, 1.82) is 0 Å². The van der Waals surface area contributed by atoms with Crippen LogP contribution in [0.1, 0.15) is 33.4 Å². The summed E-state index contributed by atoms with van der Waals surface area (Å²) in [6.45, 7) is 5.01. The van der Waals surface area contributed by atoms with E-state index >= 15 is 0 Å². The van der Waals surface area contributed by atoms with Gasteiger partial charge < -0.3 is 0 Å². The molecular formula is C14H20N2O2S3. The van der Waals surface area contributed by atoms with E-state index in [1.165, 1.54) is 27.3 Å². The molecule has 4 nitrogen and oxygen atoms in total. The van der Waals surface area contributed by atoms with Crippen molar-refractivity contribution in [3.63, 3.8) is 0 Å². The zero-order chi connectivity index (χ0) is 15.6. The molecule has 0 unspecified atom stereocenters. The molecule has 0 saturated carbocycles. The number of hydrogen-bond acceptors (Lipinski definition) is 6. The zero-order valence-corrected chi connectivity index (χ0v) is 15.1. The number of nitrogens with zero attached hydrogens (tertiary/aromatic N) is 2. The van der Waals surface area contributed by atoms with Crippen LogP contribution in [0.15, 0.2) is 17.5 Å². The van der Waals surface area contributed by atoms with Crippen molar-refractivity contribution >= 4 is 32.5 Å². The third-order valence-corrected chi connectivity index (χ3v) is 6.28. The number of thiazole rings is 1. The van der Waals surface area contributed by atoms with Crippen LogP contribution in [0.25, 0.3) is 0 Å². The van der Waals surface area contributed by atoms with E-state index in [-0.39, 0.29) is 5.75 Å². The fourth-order valence-corrected chi connectivity index (χ4v) is 4.99. The summed E-state index contributed by atoms with van der Waals surface area (Å²) in [5.41, 5.74) is 0.932. The van der Waals surface area contributed by atoms with Gasteiger partial charge in [0.25, 0.3) is 0 Å². The summed E-state index contributed by atoms with van der Waals surface area (Å²) in [4.78, 5) is 9.29. The Kier molecular flexibility index (Phi) is 5.19. The summed E-state index contributed by atoms with van der Waals surface area (Å²) < 4.78 is 22.6. The maximum absolute atomic E-state index is 11.3. The molecule has 2 aromatic heterocycles. The van der Waals surface area contributed by atoms with Crippen LogP contribution in [0.5, 0.6) is 0 Å². The Morgan fingerprint density at radius 1 is 1.38 bits per heavy atom. The summed E-state index contributed by atoms with van der Waals surface area (Å²) in [6.07, 6.45) is 1.24. The second-order valence-electron chi connectivity index (χ2n) is 5.34. The Morgan fingerprint density at radius 3 is 2.67 bits per heavy atom. The first kappa shape index (κ1) is 16.6.